The first kappa shape index (κ1) is 15.6. The summed E-state index contributed by atoms with van der Waals surface area (Å²) in [5.74, 6) is 0. The molecule has 0 radical (unpaired) electrons. The van der Waals surface area contributed by atoms with Crippen LogP contribution in [0.25, 0.3) is 0 Å². The molecule has 4 nitrogen and oxygen atoms in total. The van der Waals surface area contributed by atoms with E-state index in [4.69, 9.17) is 15.1 Å². The van der Waals surface area contributed by atoms with E-state index in [0.29, 0.717) is 0 Å². The van der Waals surface area contributed by atoms with Crippen LogP contribution in [0.15, 0.2) is 0 Å². The van der Waals surface area contributed by atoms with Gasteiger partial charge in [-0.15, -0.1) is 0 Å². The first-order chi connectivity index (χ1) is 1.73. The molecule has 0 fully saturated rings. The van der Waals surface area contributed by atoms with Crippen LogP contribution in [0.3, 0.4) is 0 Å². The topological polar surface area (TPSA) is 92.2 Å². The third-order valence-corrected chi connectivity index (χ3v) is 0. The standard InChI is InChI=1S/BH3O3.H2O.Rb.H/c2-1(3)4;;;/h2-4H;1H2;;/q;;+1;-1. The second-order valence-electron chi connectivity index (χ2n) is 0.346. The van der Waals surface area contributed by atoms with Crippen LogP contribution in [0.1, 0.15) is 1.43 Å². The molecule has 0 saturated carbocycles. The van der Waals surface area contributed by atoms with E-state index in [-0.39, 0.29) is 65.1 Å². The average molecular weight is 166 g/mol. The zero-order valence-electron chi connectivity index (χ0n) is 4.42. The van der Waals surface area contributed by atoms with Gasteiger partial charge in [-0.3, -0.25) is 0 Å². The Kier molecular flexibility index (Phi) is 25.7. The molecule has 0 aromatic heterocycles. The van der Waals surface area contributed by atoms with Crippen LogP contribution in [-0.4, -0.2) is 27.9 Å². The van der Waals surface area contributed by atoms with Gasteiger partial charge in [0.2, 0.25) is 0 Å². The Morgan fingerprint density at radius 1 is 1.17 bits per heavy atom. The van der Waals surface area contributed by atoms with E-state index in [2.05, 4.69) is 0 Å². The Hall–Kier alpha value is 1.71. The van der Waals surface area contributed by atoms with Gasteiger partial charge in [-0.2, -0.15) is 0 Å². The van der Waals surface area contributed by atoms with Gasteiger partial charge in [0.15, 0.2) is 0 Å². The van der Waals surface area contributed by atoms with Gasteiger partial charge in [0.05, 0.1) is 0 Å². The summed E-state index contributed by atoms with van der Waals surface area (Å²) >= 11 is 0. The monoisotopic (exact) mass is 166 g/mol. The normalized spacial score (nSPS) is 4.50. The molecule has 0 aromatic carbocycles. The van der Waals surface area contributed by atoms with Gasteiger partial charge in [0.1, 0.15) is 0 Å². The molecule has 0 amide bonds. The summed E-state index contributed by atoms with van der Waals surface area (Å²) < 4.78 is 0. The molecular weight excluding hydrogens is 160 g/mol. The fourth-order valence-corrected chi connectivity index (χ4v) is 0. The summed E-state index contributed by atoms with van der Waals surface area (Å²) in [4.78, 5) is 0. The van der Waals surface area contributed by atoms with Gasteiger partial charge < -0.3 is 22.0 Å². The van der Waals surface area contributed by atoms with E-state index in [9.17, 15) is 0 Å². The minimum absolute atomic E-state index is 0. The molecular formula is H6BO4Rb. The van der Waals surface area contributed by atoms with Gasteiger partial charge in [-0.1, -0.05) is 0 Å². The second-order valence-corrected chi connectivity index (χ2v) is 0.346. The third kappa shape index (κ3) is 43.3. The third-order valence-electron chi connectivity index (χ3n) is 0. The maximum atomic E-state index is 7.17. The van der Waals surface area contributed by atoms with E-state index in [0.717, 1.165) is 0 Å². The van der Waals surface area contributed by atoms with Crippen LogP contribution in [0.5, 0.6) is 0 Å². The number of hydrogen-bond acceptors (Lipinski definition) is 3. The Bertz CT molecular complexity index is 16.4. The van der Waals surface area contributed by atoms with Gasteiger partial charge >= 0.3 is 65.5 Å². The summed E-state index contributed by atoms with van der Waals surface area (Å²) in [6.07, 6.45) is 0. The molecule has 34 valence electrons. The molecule has 0 spiro atoms. The van der Waals surface area contributed by atoms with Crippen LogP contribution in [0.4, 0.5) is 0 Å². The molecule has 0 aliphatic carbocycles. The summed E-state index contributed by atoms with van der Waals surface area (Å²) in [5, 5.41) is 21.5. The molecule has 0 heterocycles. The van der Waals surface area contributed by atoms with Crippen molar-refractivity contribution in [3.63, 3.8) is 0 Å². The minimum atomic E-state index is -2.17. The Labute approximate surface area is 85.9 Å². The Morgan fingerprint density at radius 2 is 1.17 bits per heavy atom. The summed E-state index contributed by atoms with van der Waals surface area (Å²) in [5.41, 5.74) is 0. The quantitative estimate of drug-likeness (QED) is 0.313. The van der Waals surface area contributed by atoms with Crippen molar-refractivity contribution in [1.29, 1.82) is 0 Å². The van der Waals surface area contributed by atoms with Crippen LogP contribution in [-0.2, 0) is 0 Å². The van der Waals surface area contributed by atoms with Gasteiger partial charge in [0, 0.05) is 0 Å². The summed E-state index contributed by atoms with van der Waals surface area (Å²) in [7, 11) is -2.17. The molecule has 6 heavy (non-hydrogen) atoms. The smallest absolute Gasteiger partial charge is 1.00 e. The van der Waals surface area contributed by atoms with Crippen molar-refractivity contribution in [1.82, 2.24) is 0 Å². The van der Waals surface area contributed by atoms with Crippen LogP contribution < -0.4 is 58.2 Å². The molecule has 0 rings (SSSR count). The summed E-state index contributed by atoms with van der Waals surface area (Å²) in [6.45, 7) is 0. The van der Waals surface area contributed by atoms with Crippen molar-refractivity contribution in [2.24, 2.45) is 0 Å². The fraction of sp³-hybridized carbons (Fsp3) is 0. The van der Waals surface area contributed by atoms with Crippen molar-refractivity contribution in [2.45, 2.75) is 0 Å². The van der Waals surface area contributed by atoms with E-state index in [1.54, 1.807) is 0 Å². The molecule has 0 unspecified atom stereocenters. The average Bonchev–Trinajstić information content (AvgIpc) is 0.811. The first-order valence-electron chi connectivity index (χ1n) is 0.775. The molecule has 0 saturated heterocycles. The maximum absolute atomic E-state index is 7.17. The Balaban J connectivity index is -0.0000000150. The summed E-state index contributed by atoms with van der Waals surface area (Å²) in [6, 6.07) is 0. The molecule has 5 N–H and O–H groups in total. The fourth-order valence-electron chi connectivity index (χ4n) is 0. The predicted octanol–water partition coefficient (Wildman–Crippen LogP) is -5.76. The van der Waals surface area contributed by atoms with Gasteiger partial charge in [0.25, 0.3) is 0 Å². The second kappa shape index (κ2) is 9.86. The zero-order valence-corrected chi connectivity index (χ0v) is 8.34. The number of hydrogen-bond donors (Lipinski definition) is 3. The van der Waals surface area contributed by atoms with Crippen molar-refractivity contribution in [3.05, 3.63) is 0 Å². The van der Waals surface area contributed by atoms with Crippen LogP contribution in [0.2, 0.25) is 0 Å². The van der Waals surface area contributed by atoms with Crippen molar-refractivity contribution in [3.8, 4) is 0 Å². The van der Waals surface area contributed by atoms with Crippen molar-refractivity contribution >= 4 is 7.32 Å². The maximum Gasteiger partial charge on any atom is 1.00 e. The van der Waals surface area contributed by atoms with Gasteiger partial charge in [-0.25, -0.2) is 0 Å². The largest absolute Gasteiger partial charge is 1.00 e. The molecule has 0 bridgehead atoms. The SMILES string of the molecule is O.OB(O)O.[H-].[Rb+]. The van der Waals surface area contributed by atoms with Gasteiger partial charge in [-0.05, 0) is 0 Å². The molecule has 0 aromatic rings. The van der Waals surface area contributed by atoms with E-state index >= 15 is 0 Å². The molecule has 0 aliphatic rings. The van der Waals surface area contributed by atoms with Crippen LogP contribution >= 0.6 is 0 Å². The van der Waals surface area contributed by atoms with Crippen molar-refractivity contribution < 1.29 is 80.2 Å². The molecule has 0 atom stereocenters. The zero-order chi connectivity index (χ0) is 3.58. The van der Waals surface area contributed by atoms with Crippen LogP contribution in [0, 0.1) is 0 Å². The minimum Gasteiger partial charge on any atom is -1.00 e. The van der Waals surface area contributed by atoms with E-state index in [1.807, 2.05) is 0 Å². The predicted molar refractivity (Wildman–Crippen MR) is 17.1 cm³/mol. The first-order valence-corrected chi connectivity index (χ1v) is 0.775. The van der Waals surface area contributed by atoms with Crippen molar-refractivity contribution in [2.75, 3.05) is 0 Å². The number of rotatable bonds is 0. The molecule has 0 aliphatic heterocycles. The Morgan fingerprint density at radius 3 is 1.17 bits per heavy atom. The van der Waals surface area contributed by atoms with E-state index < -0.39 is 7.32 Å². The van der Waals surface area contributed by atoms with E-state index in [1.165, 1.54) is 0 Å². The molecule has 6 heteroatoms.